The van der Waals surface area contributed by atoms with Gasteiger partial charge in [-0.1, -0.05) is 12.1 Å². The Morgan fingerprint density at radius 2 is 2.11 bits per heavy atom. The Hall–Kier alpha value is -2.60. The van der Waals surface area contributed by atoms with E-state index >= 15 is 0 Å². The van der Waals surface area contributed by atoms with Crippen LogP contribution in [0.15, 0.2) is 47.0 Å². The van der Waals surface area contributed by atoms with Gasteiger partial charge in [-0.05, 0) is 30.7 Å². The van der Waals surface area contributed by atoms with E-state index in [1.54, 1.807) is 12.3 Å². The first-order valence-corrected chi connectivity index (χ1v) is 5.63. The summed E-state index contributed by atoms with van der Waals surface area (Å²) in [5.74, 6) is 0.835. The number of rotatable bonds is 1. The zero-order valence-corrected chi connectivity index (χ0v) is 9.84. The number of fused-ring (bicyclic) bond motifs is 1. The highest BCUT2D eigenvalue weighted by Crippen LogP contribution is 2.29. The van der Waals surface area contributed by atoms with Crippen LogP contribution in [0.5, 0.6) is 0 Å². The molecule has 0 aliphatic heterocycles. The van der Waals surface area contributed by atoms with Crippen molar-refractivity contribution >= 4 is 11.1 Å². The van der Waals surface area contributed by atoms with Gasteiger partial charge >= 0.3 is 0 Å². The standard InChI is InChI=1S/C15H10N2O/c1-10-7-14-15(18-10)13(5-6-17-14)12-4-2-3-11(8-12)9-16/h2-8H,1H3. The molecule has 0 saturated heterocycles. The van der Waals surface area contributed by atoms with E-state index in [1.807, 2.05) is 37.3 Å². The first-order valence-electron chi connectivity index (χ1n) is 5.63. The van der Waals surface area contributed by atoms with Crippen molar-refractivity contribution in [3.63, 3.8) is 0 Å². The Balaban J connectivity index is 2.28. The fourth-order valence-corrected chi connectivity index (χ4v) is 2.04. The molecule has 18 heavy (non-hydrogen) atoms. The van der Waals surface area contributed by atoms with Gasteiger partial charge in [0.15, 0.2) is 5.58 Å². The maximum Gasteiger partial charge on any atom is 0.160 e. The number of furan rings is 1. The summed E-state index contributed by atoms with van der Waals surface area (Å²) < 4.78 is 5.68. The minimum atomic E-state index is 0.640. The third-order valence-corrected chi connectivity index (χ3v) is 2.84. The molecule has 3 aromatic rings. The summed E-state index contributed by atoms with van der Waals surface area (Å²) in [7, 11) is 0. The lowest BCUT2D eigenvalue weighted by molar-refractivity contribution is 0.579. The van der Waals surface area contributed by atoms with Gasteiger partial charge in [-0.3, -0.25) is 4.98 Å². The molecule has 3 rings (SSSR count). The summed E-state index contributed by atoms with van der Waals surface area (Å²) in [5.41, 5.74) is 4.18. The summed E-state index contributed by atoms with van der Waals surface area (Å²) in [4.78, 5) is 4.27. The number of hydrogen-bond acceptors (Lipinski definition) is 3. The lowest BCUT2D eigenvalue weighted by atomic mass is 10.0. The van der Waals surface area contributed by atoms with E-state index in [4.69, 9.17) is 9.68 Å². The van der Waals surface area contributed by atoms with Crippen LogP contribution in [0.25, 0.3) is 22.2 Å². The minimum Gasteiger partial charge on any atom is -0.459 e. The Bertz CT molecular complexity index is 766. The van der Waals surface area contributed by atoms with Crippen LogP contribution in [0.3, 0.4) is 0 Å². The van der Waals surface area contributed by atoms with Crippen LogP contribution in [0.4, 0.5) is 0 Å². The normalized spacial score (nSPS) is 10.4. The van der Waals surface area contributed by atoms with E-state index in [0.29, 0.717) is 5.56 Å². The number of hydrogen-bond donors (Lipinski definition) is 0. The van der Waals surface area contributed by atoms with Crippen LogP contribution in [-0.4, -0.2) is 4.98 Å². The Kier molecular flexibility index (Phi) is 2.35. The van der Waals surface area contributed by atoms with Gasteiger partial charge in [0.05, 0.1) is 11.6 Å². The fraction of sp³-hybridized carbons (Fsp3) is 0.0667. The average Bonchev–Trinajstić information content (AvgIpc) is 2.78. The SMILES string of the molecule is Cc1cc2nccc(-c3cccc(C#N)c3)c2o1. The lowest BCUT2D eigenvalue weighted by Gasteiger charge is -2.02. The maximum atomic E-state index is 8.94. The van der Waals surface area contributed by atoms with E-state index in [0.717, 1.165) is 28.0 Å². The summed E-state index contributed by atoms with van der Waals surface area (Å²) in [6.45, 7) is 1.90. The number of benzene rings is 1. The molecule has 1 aromatic carbocycles. The van der Waals surface area contributed by atoms with Crippen LogP contribution >= 0.6 is 0 Å². The molecule has 3 heteroatoms. The predicted octanol–water partition coefficient (Wildman–Crippen LogP) is 3.67. The molecule has 0 aliphatic rings. The highest BCUT2D eigenvalue weighted by molar-refractivity contribution is 5.90. The monoisotopic (exact) mass is 234 g/mol. The highest BCUT2D eigenvalue weighted by Gasteiger charge is 2.09. The van der Waals surface area contributed by atoms with Crippen LogP contribution in [0, 0.1) is 18.3 Å². The Labute approximate surface area is 104 Å². The Morgan fingerprint density at radius 3 is 2.94 bits per heavy atom. The van der Waals surface area contributed by atoms with Crippen molar-refractivity contribution in [2.24, 2.45) is 0 Å². The highest BCUT2D eigenvalue weighted by atomic mass is 16.3. The van der Waals surface area contributed by atoms with Crippen molar-refractivity contribution in [3.05, 3.63) is 53.9 Å². The molecule has 0 unspecified atom stereocenters. The van der Waals surface area contributed by atoms with Crippen LogP contribution in [-0.2, 0) is 0 Å². The summed E-state index contributed by atoms with van der Waals surface area (Å²) >= 11 is 0. The molecule has 0 spiro atoms. The zero-order valence-electron chi connectivity index (χ0n) is 9.84. The number of aryl methyl sites for hydroxylation is 1. The largest absolute Gasteiger partial charge is 0.459 e. The molecule has 0 atom stereocenters. The van der Waals surface area contributed by atoms with E-state index in [-0.39, 0.29) is 0 Å². The molecular weight excluding hydrogens is 224 g/mol. The maximum absolute atomic E-state index is 8.94. The second-order valence-electron chi connectivity index (χ2n) is 4.12. The molecule has 3 nitrogen and oxygen atoms in total. The quantitative estimate of drug-likeness (QED) is 0.645. The summed E-state index contributed by atoms with van der Waals surface area (Å²) in [6.07, 6.45) is 1.76. The molecule has 2 aromatic heterocycles. The second kappa shape index (κ2) is 4.01. The molecular formula is C15H10N2O. The predicted molar refractivity (Wildman–Crippen MR) is 68.9 cm³/mol. The Morgan fingerprint density at radius 1 is 1.22 bits per heavy atom. The van der Waals surface area contributed by atoms with E-state index in [2.05, 4.69) is 11.1 Å². The zero-order chi connectivity index (χ0) is 12.5. The van der Waals surface area contributed by atoms with Crippen molar-refractivity contribution in [3.8, 4) is 17.2 Å². The third-order valence-electron chi connectivity index (χ3n) is 2.84. The van der Waals surface area contributed by atoms with Crippen LogP contribution < -0.4 is 0 Å². The summed E-state index contributed by atoms with van der Waals surface area (Å²) in [5, 5.41) is 8.94. The molecule has 2 heterocycles. The summed E-state index contributed by atoms with van der Waals surface area (Å²) in [6, 6.07) is 13.4. The van der Waals surface area contributed by atoms with Crippen LogP contribution in [0.1, 0.15) is 11.3 Å². The van der Waals surface area contributed by atoms with Gasteiger partial charge in [-0.25, -0.2) is 0 Å². The molecule has 0 saturated carbocycles. The first kappa shape index (κ1) is 10.5. The van der Waals surface area contributed by atoms with E-state index in [9.17, 15) is 0 Å². The molecule has 0 aliphatic carbocycles. The van der Waals surface area contributed by atoms with E-state index in [1.165, 1.54) is 0 Å². The molecule has 86 valence electrons. The lowest BCUT2D eigenvalue weighted by Crippen LogP contribution is -1.82. The average molecular weight is 234 g/mol. The van der Waals surface area contributed by atoms with Crippen molar-refractivity contribution in [2.75, 3.05) is 0 Å². The number of aromatic nitrogens is 1. The first-order chi connectivity index (χ1) is 8.78. The fourth-order valence-electron chi connectivity index (χ4n) is 2.04. The topological polar surface area (TPSA) is 49.8 Å². The molecule has 0 bridgehead atoms. The number of nitriles is 1. The smallest absolute Gasteiger partial charge is 0.160 e. The number of pyridine rings is 1. The van der Waals surface area contributed by atoms with Crippen molar-refractivity contribution < 1.29 is 4.42 Å². The van der Waals surface area contributed by atoms with Crippen molar-refractivity contribution in [2.45, 2.75) is 6.92 Å². The van der Waals surface area contributed by atoms with Gasteiger partial charge < -0.3 is 4.42 Å². The van der Waals surface area contributed by atoms with E-state index < -0.39 is 0 Å². The molecule has 0 radical (unpaired) electrons. The third kappa shape index (κ3) is 1.64. The molecule has 0 fully saturated rings. The minimum absolute atomic E-state index is 0.640. The van der Waals surface area contributed by atoms with Gasteiger partial charge in [0.2, 0.25) is 0 Å². The van der Waals surface area contributed by atoms with Crippen molar-refractivity contribution in [1.82, 2.24) is 4.98 Å². The van der Waals surface area contributed by atoms with Gasteiger partial charge in [-0.15, -0.1) is 0 Å². The van der Waals surface area contributed by atoms with Gasteiger partial charge in [0.25, 0.3) is 0 Å². The van der Waals surface area contributed by atoms with Crippen molar-refractivity contribution in [1.29, 1.82) is 5.26 Å². The molecule has 0 N–H and O–H groups in total. The van der Waals surface area contributed by atoms with Crippen LogP contribution in [0.2, 0.25) is 0 Å². The van der Waals surface area contributed by atoms with Gasteiger partial charge in [0.1, 0.15) is 11.3 Å². The molecule has 0 amide bonds. The number of nitrogens with zero attached hydrogens (tertiary/aromatic N) is 2. The second-order valence-corrected chi connectivity index (χ2v) is 4.12. The van der Waals surface area contributed by atoms with Gasteiger partial charge in [-0.2, -0.15) is 5.26 Å². The van der Waals surface area contributed by atoms with Gasteiger partial charge in [0, 0.05) is 17.8 Å².